The molecule has 0 radical (unpaired) electrons. The number of phenols is 1. The van der Waals surface area contributed by atoms with Crippen LogP contribution in [0.5, 0.6) is 5.75 Å². The number of hydrogen-bond acceptors (Lipinski definition) is 5. The first-order chi connectivity index (χ1) is 9.08. The number of carbonyl (C=O) groups is 3. The highest BCUT2D eigenvalue weighted by Gasteiger charge is 2.27. The summed E-state index contributed by atoms with van der Waals surface area (Å²) in [4.78, 5) is 35.6. The minimum atomic E-state index is -0.667. The summed E-state index contributed by atoms with van der Waals surface area (Å²) in [5.74, 6) is -1.37. The summed E-state index contributed by atoms with van der Waals surface area (Å²) < 4.78 is 4.83. The van der Waals surface area contributed by atoms with Crippen LogP contribution in [0.25, 0.3) is 0 Å². The Morgan fingerprint density at radius 2 is 1.95 bits per heavy atom. The van der Waals surface area contributed by atoms with Crippen molar-refractivity contribution in [3.63, 3.8) is 0 Å². The Balaban J connectivity index is 1.88. The monoisotopic (exact) mass is 263 g/mol. The number of amides is 2. The summed E-state index contributed by atoms with van der Waals surface area (Å²) in [6.07, 6.45) is 1.01. The molecule has 6 heteroatoms. The second-order valence-electron chi connectivity index (χ2n) is 4.17. The van der Waals surface area contributed by atoms with Gasteiger partial charge in [-0.25, -0.2) is 4.79 Å². The van der Waals surface area contributed by atoms with Gasteiger partial charge in [-0.1, -0.05) is 0 Å². The average molecular weight is 263 g/mol. The van der Waals surface area contributed by atoms with Crippen molar-refractivity contribution in [2.75, 3.05) is 13.2 Å². The van der Waals surface area contributed by atoms with Crippen LogP contribution in [-0.2, 0) is 14.3 Å². The first-order valence-electron chi connectivity index (χ1n) is 5.87. The van der Waals surface area contributed by atoms with E-state index in [1.54, 1.807) is 0 Å². The topological polar surface area (TPSA) is 83.9 Å². The largest absolute Gasteiger partial charge is 0.508 e. The van der Waals surface area contributed by atoms with E-state index in [2.05, 4.69) is 0 Å². The molecule has 0 unspecified atom stereocenters. The Bertz CT molecular complexity index is 508. The van der Waals surface area contributed by atoms with Crippen LogP contribution in [0.1, 0.15) is 23.2 Å². The van der Waals surface area contributed by atoms with E-state index in [1.807, 2.05) is 0 Å². The molecule has 1 aliphatic heterocycles. The van der Waals surface area contributed by atoms with Crippen LogP contribution in [0.4, 0.5) is 0 Å². The van der Waals surface area contributed by atoms with Crippen molar-refractivity contribution in [3.8, 4) is 5.75 Å². The third-order valence-electron chi connectivity index (χ3n) is 2.80. The number of imide groups is 1. The fourth-order valence-corrected chi connectivity index (χ4v) is 1.80. The van der Waals surface area contributed by atoms with E-state index < -0.39 is 18.5 Å². The van der Waals surface area contributed by atoms with Gasteiger partial charge in [0.25, 0.3) is 5.91 Å². The molecule has 0 spiro atoms. The molecule has 0 aromatic heterocycles. The van der Waals surface area contributed by atoms with Crippen molar-refractivity contribution in [2.24, 2.45) is 0 Å². The van der Waals surface area contributed by atoms with Crippen LogP contribution in [0.2, 0.25) is 0 Å². The van der Waals surface area contributed by atoms with E-state index in [0.29, 0.717) is 19.4 Å². The fourth-order valence-electron chi connectivity index (χ4n) is 1.80. The molecule has 1 saturated heterocycles. The molecule has 0 aliphatic carbocycles. The number of ether oxygens (including phenoxy) is 1. The standard InChI is InChI=1S/C13H13NO5/c15-10-5-3-9(4-6-10)13(18)19-8-12(17)14-7-1-2-11(14)16/h3-6,15H,1-2,7-8H2. The number of carbonyl (C=O) groups excluding carboxylic acids is 3. The molecule has 0 atom stereocenters. The van der Waals surface area contributed by atoms with Gasteiger partial charge in [-0.05, 0) is 30.7 Å². The number of likely N-dealkylation sites (tertiary alicyclic amines) is 1. The molecule has 19 heavy (non-hydrogen) atoms. The average Bonchev–Trinajstić information content (AvgIpc) is 2.83. The summed E-state index contributed by atoms with van der Waals surface area (Å²) in [5, 5.41) is 9.08. The van der Waals surface area contributed by atoms with Crippen LogP contribution in [0.3, 0.4) is 0 Å². The number of esters is 1. The summed E-state index contributed by atoms with van der Waals surface area (Å²) in [5.41, 5.74) is 0.235. The van der Waals surface area contributed by atoms with Crippen molar-refractivity contribution in [3.05, 3.63) is 29.8 Å². The predicted octanol–water partition coefficient (Wildman–Crippen LogP) is 0.698. The smallest absolute Gasteiger partial charge is 0.338 e. The highest BCUT2D eigenvalue weighted by Crippen LogP contribution is 2.12. The molecular weight excluding hydrogens is 250 g/mol. The van der Waals surface area contributed by atoms with E-state index in [-0.39, 0.29) is 17.2 Å². The summed E-state index contributed by atoms with van der Waals surface area (Å²) >= 11 is 0. The molecule has 2 amide bonds. The van der Waals surface area contributed by atoms with Gasteiger partial charge in [0.1, 0.15) is 5.75 Å². The van der Waals surface area contributed by atoms with Crippen LogP contribution < -0.4 is 0 Å². The van der Waals surface area contributed by atoms with Crippen molar-refractivity contribution in [1.29, 1.82) is 0 Å². The second kappa shape index (κ2) is 5.51. The minimum absolute atomic E-state index is 0.0373. The van der Waals surface area contributed by atoms with Crippen molar-refractivity contribution >= 4 is 17.8 Å². The molecule has 0 saturated carbocycles. The van der Waals surface area contributed by atoms with E-state index in [9.17, 15) is 14.4 Å². The van der Waals surface area contributed by atoms with E-state index in [4.69, 9.17) is 9.84 Å². The van der Waals surface area contributed by atoms with Gasteiger partial charge >= 0.3 is 5.97 Å². The zero-order chi connectivity index (χ0) is 13.8. The lowest BCUT2D eigenvalue weighted by Gasteiger charge is -2.13. The molecule has 100 valence electrons. The van der Waals surface area contributed by atoms with Crippen molar-refractivity contribution < 1.29 is 24.2 Å². The molecule has 1 aliphatic rings. The van der Waals surface area contributed by atoms with E-state index in [1.165, 1.54) is 24.3 Å². The van der Waals surface area contributed by atoms with E-state index >= 15 is 0 Å². The van der Waals surface area contributed by atoms with Gasteiger partial charge in [0.2, 0.25) is 5.91 Å². The second-order valence-corrected chi connectivity index (χ2v) is 4.17. The molecule has 2 rings (SSSR count). The van der Waals surface area contributed by atoms with Gasteiger partial charge in [0.05, 0.1) is 5.56 Å². The van der Waals surface area contributed by atoms with Gasteiger partial charge in [-0.2, -0.15) is 0 Å². The van der Waals surface area contributed by atoms with Crippen LogP contribution >= 0.6 is 0 Å². The molecular formula is C13H13NO5. The number of hydrogen-bond donors (Lipinski definition) is 1. The molecule has 1 N–H and O–H groups in total. The van der Waals surface area contributed by atoms with E-state index in [0.717, 1.165) is 4.90 Å². The number of phenolic OH excluding ortho intramolecular Hbond substituents is 1. The molecule has 0 bridgehead atoms. The quantitative estimate of drug-likeness (QED) is 0.811. The normalized spacial score (nSPS) is 14.5. The van der Waals surface area contributed by atoms with Crippen molar-refractivity contribution in [2.45, 2.75) is 12.8 Å². The Hall–Kier alpha value is -2.37. The van der Waals surface area contributed by atoms with Gasteiger partial charge in [-0.15, -0.1) is 0 Å². The lowest BCUT2D eigenvalue weighted by Crippen LogP contribution is -2.35. The third kappa shape index (κ3) is 3.09. The number of benzene rings is 1. The maximum absolute atomic E-state index is 11.6. The Kier molecular flexibility index (Phi) is 3.79. The van der Waals surface area contributed by atoms with Gasteiger partial charge in [0, 0.05) is 13.0 Å². The lowest BCUT2D eigenvalue weighted by atomic mass is 10.2. The first-order valence-corrected chi connectivity index (χ1v) is 5.87. The highest BCUT2D eigenvalue weighted by molar-refractivity contribution is 5.98. The third-order valence-corrected chi connectivity index (χ3v) is 2.80. The fraction of sp³-hybridized carbons (Fsp3) is 0.308. The molecule has 1 aromatic carbocycles. The maximum Gasteiger partial charge on any atom is 0.338 e. The summed E-state index contributed by atoms with van der Waals surface area (Å²) in [7, 11) is 0. The Labute approximate surface area is 109 Å². The maximum atomic E-state index is 11.6. The van der Waals surface area contributed by atoms with Crippen molar-refractivity contribution in [1.82, 2.24) is 4.90 Å². The SMILES string of the molecule is O=C(OCC(=O)N1CCCC1=O)c1ccc(O)cc1. The molecule has 6 nitrogen and oxygen atoms in total. The van der Waals surface area contributed by atoms with Crippen LogP contribution in [0, 0.1) is 0 Å². The van der Waals surface area contributed by atoms with Crippen LogP contribution in [0.15, 0.2) is 24.3 Å². The first kappa shape index (κ1) is 13.1. The number of aromatic hydroxyl groups is 1. The molecule has 1 heterocycles. The Morgan fingerprint density at radius 1 is 1.26 bits per heavy atom. The Morgan fingerprint density at radius 3 is 2.53 bits per heavy atom. The zero-order valence-corrected chi connectivity index (χ0v) is 10.2. The van der Waals surface area contributed by atoms with Gasteiger partial charge in [0.15, 0.2) is 6.61 Å². The van der Waals surface area contributed by atoms with Crippen LogP contribution in [-0.4, -0.2) is 40.9 Å². The number of rotatable bonds is 3. The summed E-state index contributed by atoms with van der Waals surface area (Å²) in [6, 6.07) is 5.48. The highest BCUT2D eigenvalue weighted by atomic mass is 16.5. The molecule has 1 aromatic rings. The van der Waals surface area contributed by atoms with Gasteiger partial charge in [-0.3, -0.25) is 14.5 Å². The zero-order valence-electron chi connectivity index (χ0n) is 10.2. The minimum Gasteiger partial charge on any atom is -0.508 e. The number of nitrogens with zero attached hydrogens (tertiary/aromatic N) is 1. The van der Waals surface area contributed by atoms with Gasteiger partial charge < -0.3 is 9.84 Å². The molecule has 1 fully saturated rings. The predicted molar refractivity (Wildman–Crippen MR) is 64.3 cm³/mol. The lowest BCUT2D eigenvalue weighted by molar-refractivity contribution is -0.143. The summed E-state index contributed by atoms with van der Waals surface area (Å²) in [6.45, 7) is -0.0696.